The van der Waals surface area contributed by atoms with Gasteiger partial charge in [-0.1, -0.05) is 0 Å². The van der Waals surface area contributed by atoms with Gasteiger partial charge < -0.3 is 19.4 Å². The van der Waals surface area contributed by atoms with E-state index in [0.717, 1.165) is 38.8 Å². The molecule has 0 saturated carbocycles. The Morgan fingerprint density at radius 1 is 1.24 bits per heavy atom. The first kappa shape index (κ1) is 13.8. The number of thiazole rings is 1. The molecule has 0 radical (unpaired) electrons. The molecule has 0 spiro atoms. The molecule has 0 aliphatic carbocycles. The van der Waals surface area contributed by atoms with Crippen LogP contribution in [0.15, 0.2) is 23.7 Å². The first-order valence-corrected chi connectivity index (χ1v) is 7.40. The quantitative estimate of drug-likeness (QED) is 0.803. The molecule has 2 aromatic heterocycles. The molecule has 0 amide bonds. The number of aromatic nitrogens is 2. The zero-order chi connectivity index (χ0) is 15.0. The van der Waals surface area contributed by atoms with Crippen LogP contribution >= 0.6 is 11.3 Å². The van der Waals surface area contributed by atoms with Crippen LogP contribution in [0.4, 0.5) is 5.13 Å². The minimum Gasteiger partial charge on any atom is -0.497 e. The summed E-state index contributed by atoms with van der Waals surface area (Å²) >= 11 is 1.59. The van der Waals surface area contributed by atoms with Gasteiger partial charge in [0.25, 0.3) is 0 Å². The van der Waals surface area contributed by atoms with E-state index in [0.29, 0.717) is 0 Å². The van der Waals surface area contributed by atoms with E-state index in [2.05, 4.69) is 21.1 Å². The lowest BCUT2D eigenvalue weighted by Crippen LogP contribution is -1.90. The maximum Gasteiger partial charge on any atom is 0.182 e. The summed E-state index contributed by atoms with van der Waals surface area (Å²) in [5.41, 5.74) is 3.06. The van der Waals surface area contributed by atoms with E-state index in [9.17, 15) is 0 Å². The molecule has 0 atom stereocenters. The second-order valence-electron chi connectivity index (χ2n) is 4.67. The highest BCUT2D eigenvalue weighted by atomic mass is 32.1. The fourth-order valence-electron chi connectivity index (χ4n) is 2.44. The monoisotopic (exact) mass is 303 g/mol. The number of benzene rings is 1. The normalized spacial score (nSPS) is 10.9. The Bertz CT molecular complexity index is 792. The van der Waals surface area contributed by atoms with Crippen LogP contribution in [-0.4, -0.2) is 30.8 Å². The van der Waals surface area contributed by atoms with Gasteiger partial charge in [-0.15, -0.1) is 11.3 Å². The molecule has 1 N–H and O–H groups in total. The third-order valence-corrected chi connectivity index (χ3v) is 4.34. The van der Waals surface area contributed by atoms with E-state index in [1.807, 2.05) is 31.6 Å². The fourth-order valence-corrected chi connectivity index (χ4v) is 3.11. The van der Waals surface area contributed by atoms with Gasteiger partial charge in [0.15, 0.2) is 5.13 Å². The van der Waals surface area contributed by atoms with Crippen LogP contribution < -0.4 is 14.8 Å². The van der Waals surface area contributed by atoms with Crippen LogP contribution in [0.2, 0.25) is 0 Å². The molecule has 2 heterocycles. The van der Waals surface area contributed by atoms with Crippen molar-refractivity contribution in [3.63, 3.8) is 0 Å². The van der Waals surface area contributed by atoms with Gasteiger partial charge in [0.05, 0.1) is 30.8 Å². The van der Waals surface area contributed by atoms with Gasteiger partial charge in [-0.05, 0) is 0 Å². The maximum absolute atomic E-state index is 5.55. The highest BCUT2D eigenvalue weighted by molar-refractivity contribution is 7.14. The topological polar surface area (TPSA) is 48.3 Å². The van der Waals surface area contributed by atoms with Crippen LogP contribution in [0.5, 0.6) is 11.5 Å². The van der Waals surface area contributed by atoms with Crippen molar-refractivity contribution >= 4 is 27.4 Å². The average molecular weight is 303 g/mol. The van der Waals surface area contributed by atoms with Crippen LogP contribution in [0.25, 0.3) is 22.2 Å². The summed E-state index contributed by atoms with van der Waals surface area (Å²) in [6, 6.07) is 3.91. The molecule has 0 bridgehead atoms. The minimum atomic E-state index is 0.779. The number of fused-ring (bicyclic) bond motifs is 1. The Labute approximate surface area is 127 Å². The van der Waals surface area contributed by atoms with E-state index in [1.54, 1.807) is 25.6 Å². The Hall–Kier alpha value is -2.21. The van der Waals surface area contributed by atoms with Crippen molar-refractivity contribution in [1.82, 2.24) is 9.55 Å². The van der Waals surface area contributed by atoms with Crippen LogP contribution in [-0.2, 0) is 7.05 Å². The summed E-state index contributed by atoms with van der Waals surface area (Å²) in [5.74, 6) is 1.57. The lowest BCUT2D eigenvalue weighted by molar-refractivity contribution is 0.398. The molecule has 110 valence electrons. The van der Waals surface area contributed by atoms with Crippen LogP contribution in [0, 0.1) is 0 Å². The minimum absolute atomic E-state index is 0.779. The van der Waals surface area contributed by atoms with E-state index in [4.69, 9.17) is 9.47 Å². The van der Waals surface area contributed by atoms with Gasteiger partial charge in [0.1, 0.15) is 11.5 Å². The molecular weight excluding hydrogens is 286 g/mol. The third kappa shape index (κ3) is 2.21. The number of anilines is 1. The van der Waals surface area contributed by atoms with E-state index in [1.165, 1.54) is 0 Å². The summed E-state index contributed by atoms with van der Waals surface area (Å²) in [5, 5.41) is 7.06. The number of nitrogens with zero attached hydrogens (tertiary/aromatic N) is 2. The molecule has 0 fully saturated rings. The van der Waals surface area contributed by atoms with Gasteiger partial charge in [0.2, 0.25) is 0 Å². The Balaban J connectivity index is 2.28. The van der Waals surface area contributed by atoms with Gasteiger partial charge in [-0.25, -0.2) is 4.98 Å². The number of nitrogens with one attached hydrogen (secondary N) is 1. The van der Waals surface area contributed by atoms with Gasteiger partial charge in [-0.3, -0.25) is 0 Å². The Kier molecular flexibility index (Phi) is 3.47. The third-order valence-electron chi connectivity index (χ3n) is 3.48. The smallest absolute Gasteiger partial charge is 0.182 e. The number of ether oxygens (including phenoxy) is 2. The molecule has 5 nitrogen and oxygen atoms in total. The van der Waals surface area contributed by atoms with Crippen molar-refractivity contribution in [2.24, 2.45) is 7.05 Å². The zero-order valence-corrected chi connectivity index (χ0v) is 13.2. The predicted molar refractivity (Wildman–Crippen MR) is 86.7 cm³/mol. The SMILES string of the molecule is CNc1nc(-c2cn(C)c3cc(OC)cc(OC)c23)cs1. The molecule has 0 unspecified atom stereocenters. The molecule has 21 heavy (non-hydrogen) atoms. The number of hydrogen-bond donors (Lipinski definition) is 1. The number of rotatable bonds is 4. The highest BCUT2D eigenvalue weighted by Gasteiger charge is 2.17. The van der Waals surface area contributed by atoms with Gasteiger partial charge in [0, 0.05) is 43.4 Å². The van der Waals surface area contributed by atoms with Crippen LogP contribution in [0.1, 0.15) is 0 Å². The summed E-state index contributed by atoms with van der Waals surface area (Å²) in [6.45, 7) is 0. The molecule has 0 aliphatic rings. The Morgan fingerprint density at radius 3 is 2.67 bits per heavy atom. The highest BCUT2D eigenvalue weighted by Crippen LogP contribution is 2.39. The van der Waals surface area contributed by atoms with Gasteiger partial charge >= 0.3 is 0 Å². The number of aryl methyl sites for hydroxylation is 1. The molecule has 3 aromatic rings. The summed E-state index contributed by atoms with van der Waals surface area (Å²) < 4.78 is 12.9. The van der Waals surface area contributed by atoms with Crippen molar-refractivity contribution in [2.45, 2.75) is 0 Å². The zero-order valence-electron chi connectivity index (χ0n) is 12.4. The first-order valence-electron chi connectivity index (χ1n) is 6.52. The number of methoxy groups -OCH3 is 2. The molecule has 0 aliphatic heterocycles. The first-order chi connectivity index (χ1) is 10.2. The van der Waals surface area contributed by atoms with E-state index in [-0.39, 0.29) is 0 Å². The molecular formula is C15H17N3O2S. The molecule has 6 heteroatoms. The second kappa shape index (κ2) is 5.29. The van der Waals surface area contributed by atoms with Crippen molar-refractivity contribution in [2.75, 3.05) is 26.6 Å². The van der Waals surface area contributed by atoms with Crippen LogP contribution in [0.3, 0.4) is 0 Å². The lowest BCUT2D eigenvalue weighted by Gasteiger charge is -2.07. The second-order valence-corrected chi connectivity index (χ2v) is 5.52. The maximum atomic E-state index is 5.55. The van der Waals surface area contributed by atoms with Crippen molar-refractivity contribution in [1.29, 1.82) is 0 Å². The molecule has 0 saturated heterocycles. The standard InChI is InChI=1S/C15H17N3O2S/c1-16-15-17-11(8-21-15)10-7-18(2)12-5-9(19-3)6-13(20-4)14(10)12/h5-8H,1-4H3,(H,16,17). The fraction of sp³-hybridized carbons (Fsp3) is 0.267. The van der Waals surface area contributed by atoms with E-state index >= 15 is 0 Å². The van der Waals surface area contributed by atoms with Gasteiger partial charge in [-0.2, -0.15) is 0 Å². The summed E-state index contributed by atoms with van der Waals surface area (Å²) in [6.07, 6.45) is 2.07. The molecule has 1 aromatic carbocycles. The van der Waals surface area contributed by atoms with Crippen molar-refractivity contribution < 1.29 is 9.47 Å². The summed E-state index contributed by atoms with van der Waals surface area (Å²) in [7, 11) is 7.21. The number of hydrogen-bond acceptors (Lipinski definition) is 5. The lowest BCUT2D eigenvalue weighted by atomic mass is 10.1. The largest absolute Gasteiger partial charge is 0.497 e. The Morgan fingerprint density at radius 2 is 2.05 bits per heavy atom. The molecule has 3 rings (SSSR count). The van der Waals surface area contributed by atoms with Crippen molar-refractivity contribution in [3.8, 4) is 22.8 Å². The summed E-state index contributed by atoms with van der Waals surface area (Å²) in [4.78, 5) is 4.59. The van der Waals surface area contributed by atoms with E-state index < -0.39 is 0 Å². The van der Waals surface area contributed by atoms with Crippen molar-refractivity contribution in [3.05, 3.63) is 23.7 Å². The average Bonchev–Trinajstić information content (AvgIpc) is 3.11. The predicted octanol–water partition coefficient (Wildman–Crippen LogP) is 3.36.